The van der Waals surface area contributed by atoms with Crippen molar-refractivity contribution in [3.63, 3.8) is 0 Å². The summed E-state index contributed by atoms with van der Waals surface area (Å²) in [5.41, 5.74) is 2.87. The highest BCUT2D eigenvalue weighted by Gasteiger charge is 2.37. The number of rotatable bonds is 10. The van der Waals surface area contributed by atoms with E-state index < -0.39 is 28.1 Å². The zero-order chi connectivity index (χ0) is 37.9. The second-order valence-electron chi connectivity index (χ2n) is 12.4. The van der Waals surface area contributed by atoms with Crippen molar-refractivity contribution in [2.24, 2.45) is 0 Å². The maximum absolute atomic E-state index is 11.9. The van der Waals surface area contributed by atoms with E-state index in [1.807, 2.05) is 91.0 Å². The lowest BCUT2D eigenvalue weighted by atomic mass is 10.0. The van der Waals surface area contributed by atoms with Gasteiger partial charge in [0.2, 0.25) is 10.0 Å². The average Bonchev–Trinajstić information content (AvgIpc) is 3.94. The van der Waals surface area contributed by atoms with Crippen molar-refractivity contribution in [2.75, 3.05) is 25.9 Å². The van der Waals surface area contributed by atoms with Gasteiger partial charge < -0.3 is 19.7 Å². The zero-order valence-electron chi connectivity index (χ0n) is 29.8. The molecule has 0 bridgehead atoms. The molecule has 3 saturated heterocycles. The lowest BCUT2D eigenvalue weighted by Crippen LogP contribution is -2.40. The predicted molar refractivity (Wildman–Crippen MR) is 218 cm³/mol. The number of hydrogen-bond donors (Lipinski definition) is 0. The van der Waals surface area contributed by atoms with Gasteiger partial charge in [-0.2, -0.15) is 4.31 Å². The van der Waals surface area contributed by atoms with Gasteiger partial charge in [0, 0.05) is 19.5 Å². The Kier molecular flexibility index (Phi) is 21.8. The Labute approximate surface area is 329 Å². The smallest absolute Gasteiger partial charge is 0.325 e. The van der Waals surface area contributed by atoms with Gasteiger partial charge in [0.25, 0.3) is 0 Å². The van der Waals surface area contributed by atoms with Crippen molar-refractivity contribution in [2.45, 2.75) is 76.3 Å². The van der Waals surface area contributed by atoms with E-state index in [1.54, 1.807) is 0 Å². The molecule has 16 heteroatoms. The molecule has 292 valence electrons. The standard InChI is InChI=1S/C13H17NO4S.C12H14ClNO2.C12H14NO2.ClH.H4P2/c1-19(16,17)14-9-5-8-12(14)13(15)18-10-11-6-3-2-4-7-11;13-14-8-4-7-11(14)12(15)16-9-10-5-2-1-3-6-10;14-12(11-7-4-8-13(11)15)9-10-5-2-1-3-6-10;;1-2/h2-4,6-7,12H,5,8-10H2,1H3;1-3,5-6,11H,4,7-9H2;1-3,5-6,11H,4,7-9H2;1H;1-2H2/q;;-1;;/t12-;2*11-;;/m000../s1. The second-order valence-corrected chi connectivity index (χ2v) is 14.8. The summed E-state index contributed by atoms with van der Waals surface area (Å²) in [7, 11) is 1.32. The maximum Gasteiger partial charge on any atom is 0.325 e. The monoisotopic (exact) mass is 828 g/mol. The second kappa shape index (κ2) is 24.8. The van der Waals surface area contributed by atoms with Gasteiger partial charge in [0.1, 0.15) is 25.3 Å². The minimum absolute atomic E-state index is 0. The van der Waals surface area contributed by atoms with E-state index in [1.165, 1.54) is 8.72 Å². The fourth-order valence-corrected chi connectivity index (χ4v) is 7.37. The number of carbonyl (C=O) groups is 3. The molecule has 0 spiro atoms. The highest BCUT2D eigenvalue weighted by molar-refractivity contribution is 7.92. The molecule has 2 unspecified atom stereocenters. The molecule has 0 radical (unpaired) electrons. The van der Waals surface area contributed by atoms with Crippen LogP contribution >= 0.6 is 42.0 Å². The van der Waals surface area contributed by atoms with E-state index in [0.717, 1.165) is 60.2 Å². The van der Waals surface area contributed by atoms with Crippen LogP contribution in [0.4, 0.5) is 0 Å². The van der Waals surface area contributed by atoms with Crippen molar-refractivity contribution < 1.29 is 32.3 Å². The Balaban J connectivity index is 0.000000268. The van der Waals surface area contributed by atoms with Crippen LogP contribution in [0.5, 0.6) is 0 Å². The SMILES string of the molecule is CS(=O)(=O)N1CCC[C@H]1C(=O)OCc1ccccc1.Cl.O=C(Cc1ccccc1)[C@@H]1CCCN1[O-].O=C(OCc1ccccc1)[C@@H]1CCCN1Cl.PP. The first-order valence-electron chi connectivity index (χ1n) is 17.2. The molecule has 5 atom stereocenters. The number of hydroxylamine groups is 2. The first-order valence-corrected chi connectivity index (χ1v) is 22.0. The lowest BCUT2D eigenvalue weighted by molar-refractivity contribution is -0.149. The molecule has 0 saturated carbocycles. The molecule has 3 fully saturated rings. The lowest BCUT2D eigenvalue weighted by Gasteiger charge is -2.28. The number of halogens is 2. The molecule has 0 aliphatic carbocycles. The molecule has 3 heterocycles. The van der Waals surface area contributed by atoms with E-state index in [2.05, 4.69) is 17.9 Å². The van der Waals surface area contributed by atoms with Crippen molar-refractivity contribution in [1.82, 2.24) is 13.8 Å². The van der Waals surface area contributed by atoms with Crippen LogP contribution in [-0.2, 0) is 53.5 Å². The summed E-state index contributed by atoms with van der Waals surface area (Å²) >= 11 is 5.89. The van der Waals surface area contributed by atoms with Crippen LogP contribution < -0.4 is 0 Å². The summed E-state index contributed by atoms with van der Waals surface area (Å²) in [5, 5.41) is 12.2. The van der Waals surface area contributed by atoms with Crippen molar-refractivity contribution in [3.8, 4) is 0 Å². The van der Waals surface area contributed by atoms with Gasteiger partial charge >= 0.3 is 11.9 Å². The number of ether oxygens (including phenoxy) is 2. The number of Topliss-reactive ketones (excluding diaryl/α,β-unsaturated/α-hetero) is 1. The van der Waals surface area contributed by atoms with Gasteiger partial charge in [-0.1, -0.05) is 91.0 Å². The summed E-state index contributed by atoms with van der Waals surface area (Å²) in [6, 6.07) is 27.2. The van der Waals surface area contributed by atoms with Crippen LogP contribution in [0.25, 0.3) is 0 Å². The van der Waals surface area contributed by atoms with E-state index in [4.69, 9.17) is 21.3 Å². The normalized spacial score (nSPS) is 19.9. The third-order valence-corrected chi connectivity index (χ3v) is 10.3. The summed E-state index contributed by atoms with van der Waals surface area (Å²) in [5.74, 6) is -0.642. The summed E-state index contributed by atoms with van der Waals surface area (Å²) in [6.45, 7) is 2.15. The first kappa shape index (κ1) is 46.7. The zero-order valence-corrected chi connectivity index (χ0v) is 34.5. The van der Waals surface area contributed by atoms with Crippen LogP contribution in [0, 0.1) is 5.21 Å². The predicted octanol–water partition coefficient (Wildman–Crippen LogP) is 6.34. The minimum Gasteiger partial charge on any atom is -0.785 e. The number of carbonyl (C=O) groups excluding carboxylic acids is 3. The van der Waals surface area contributed by atoms with E-state index in [9.17, 15) is 28.0 Å². The van der Waals surface area contributed by atoms with Crippen LogP contribution in [0.1, 0.15) is 55.2 Å². The molecule has 6 rings (SSSR count). The molecule has 3 aromatic rings. The molecule has 0 amide bonds. The largest absolute Gasteiger partial charge is 0.785 e. The molecule has 11 nitrogen and oxygen atoms in total. The van der Waals surface area contributed by atoms with E-state index in [-0.39, 0.29) is 36.8 Å². The number of esters is 2. The number of benzene rings is 3. The van der Waals surface area contributed by atoms with Crippen LogP contribution in [0.15, 0.2) is 91.0 Å². The highest BCUT2D eigenvalue weighted by atomic mass is 35.5. The van der Waals surface area contributed by atoms with Gasteiger partial charge in [0.15, 0.2) is 5.78 Å². The van der Waals surface area contributed by atoms with Gasteiger partial charge in [0.05, 0.1) is 12.3 Å². The van der Waals surface area contributed by atoms with Crippen LogP contribution in [0.2, 0.25) is 0 Å². The Hall–Kier alpha value is -2.50. The fourth-order valence-electron chi connectivity index (χ4n) is 5.96. The summed E-state index contributed by atoms with van der Waals surface area (Å²) in [4.78, 5) is 35.4. The Bertz CT molecular complexity index is 1630. The van der Waals surface area contributed by atoms with Crippen LogP contribution in [0.3, 0.4) is 0 Å². The molecule has 3 aliphatic rings. The summed E-state index contributed by atoms with van der Waals surface area (Å²) in [6.07, 6.45) is 6.02. The number of ketones is 1. The molecule has 3 aromatic carbocycles. The Morgan fingerprint density at radius 3 is 1.55 bits per heavy atom. The Morgan fingerprint density at radius 2 is 1.11 bits per heavy atom. The molecular formula is C37H50Cl2N3O8P2S-. The van der Waals surface area contributed by atoms with Crippen molar-refractivity contribution in [3.05, 3.63) is 113 Å². The molecular weight excluding hydrogens is 779 g/mol. The average molecular weight is 830 g/mol. The fraction of sp³-hybridized carbons (Fsp3) is 0.432. The van der Waals surface area contributed by atoms with Gasteiger partial charge in [-0.15, -0.1) is 30.3 Å². The molecule has 3 aliphatic heterocycles. The topological polar surface area (TPSA) is 137 Å². The van der Waals surface area contributed by atoms with E-state index in [0.29, 0.717) is 39.0 Å². The third kappa shape index (κ3) is 16.0. The number of sulfonamides is 1. The quantitative estimate of drug-likeness (QED) is 0.130. The van der Waals surface area contributed by atoms with Gasteiger partial charge in [-0.25, -0.2) is 12.8 Å². The first-order chi connectivity index (χ1) is 25.0. The van der Waals surface area contributed by atoms with Crippen molar-refractivity contribution >= 4 is 69.8 Å². The molecule has 0 aromatic heterocycles. The number of hydrogen-bond acceptors (Lipinski definition) is 10. The third-order valence-electron chi connectivity index (χ3n) is 8.61. The molecule has 53 heavy (non-hydrogen) atoms. The van der Waals surface area contributed by atoms with Gasteiger partial charge in [-0.05, 0) is 73.5 Å². The van der Waals surface area contributed by atoms with E-state index >= 15 is 0 Å². The maximum atomic E-state index is 11.9. The summed E-state index contributed by atoms with van der Waals surface area (Å²) < 4.78 is 36.2. The minimum atomic E-state index is -3.35. The highest BCUT2D eigenvalue weighted by Crippen LogP contribution is 2.23. The Morgan fingerprint density at radius 1 is 0.698 bits per heavy atom. The van der Waals surface area contributed by atoms with Crippen molar-refractivity contribution in [1.29, 1.82) is 0 Å². The molecule has 0 N–H and O–H groups in total. The van der Waals surface area contributed by atoms with Gasteiger partial charge in [-0.3, -0.25) is 14.4 Å². The number of nitrogens with zero attached hydrogens (tertiary/aromatic N) is 3. The van der Waals surface area contributed by atoms with Crippen LogP contribution in [-0.4, -0.2) is 83.9 Å².